The van der Waals surface area contributed by atoms with Gasteiger partial charge in [-0.25, -0.2) is 30.7 Å². The molecule has 0 aliphatic rings. The standard InChI is InChI=1S/C14H3F9N2/c1-14(2-24,4-7(17)12(22)25-13(23)8(4)18)3-5(15)9(19)11(21)10(20)6(3)16/h1H3. The maximum absolute atomic E-state index is 13.9. The number of hydrogen-bond donors (Lipinski definition) is 0. The fourth-order valence-corrected chi connectivity index (χ4v) is 2.21. The molecule has 0 fully saturated rings. The normalized spacial score (nSPS) is 13.5. The number of benzene rings is 1. The second kappa shape index (κ2) is 5.94. The van der Waals surface area contributed by atoms with E-state index in [0.29, 0.717) is 6.92 Å². The summed E-state index contributed by atoms with van der Waals surface area (Å²) in [6.07, 6.45) is 0. The summed E-state index contributed by atoms with van der Waals surface area (Å²) in [5.41, 5.74) is -7.19. The molecule has 0 spiro atoms. The molecule has 0 aliphatic carbocycles. The zero-order chi connectivity index (χ0) is 19.3. The van der Waals surface area contributed by atoms with Gasteiger partial charge in [-0.1, -0.05) is 0 Å². The van der Waals surface area contributed by atoms with Crippen LogP contribution in [0.3, 0.4) is 0 Å². The van der Waals surface area contributed by atoms with Crippen LogP contribution in [0.25, 0.3) is 0 Å². The molecule has 0 N–H and O–H groups in total. The lowest BCUT2D eigenvalue weighted by atomic mass is 9.76. The average molecular weight is 370 g/mol. The third kappa shape index (κ3) is 2.48. The number of pyridine rings is 1. The molecule has 1 heterocycles. The van der Waals surface area contributed by atoms with Gasteiger partial charge in [-0.15, -0.1) is 0 Å². The van der Waals surface area contributed by atoms with Gasteiger partial charge in [-0.2, -0.15) is 19.0 Å². The third-order valence-corrected chi connectivity index (χ3v) is 3.43. The highest BCUT2D eigenvalue weighted by molar-refractivity contribution is 5.47. The zero-order valence-corrected chi connectivity index (χ0v) is 11.8. The van der Waals surface area contributed by atoms with Crippen LogP contribution in [0.1, 0.15) is 18.1 Å². The number of halogens is 9. The molecule has 0 saturated heterocycles. The third-order valence-electron chi connectivity index (χ3n) is 3.43. The second-order valence-electron chi connectivity index (χ2n) is 4.88. The van der Waals surface area contributed by atoms with E-state index in [1.807, 2.05) is 0 Å². The summed E-state index contributed by atoms with van der Waals surface area (Å²) in [4.78, 5) is 2.18. The Hall–Kier alpha value is -2.77. The van der Waals surface area contributed by atoms with Gasteiger partial charge < -0.3 is 0 Å². The van der Waals surface area contributed by atoms with Crippen LogP contribution in [0.15, 0.2) is 0 Å². The van der Waals surface area contributed by atoms with Gasteiger partial charge in [-0.3, -0.25) is 0 Å². The Kier molecular flexibility index (Phi) is 4.42. The molecule has 0 aliphatic heterocycles. The molecule has 2 aromatic rings. The highest BCUT2D eigenvalue weighted by atomic mass is 19.2. The van der Waals surface area contributed by atoms with Gasteiger partial charge in [0.15, 0.2) is 34.9 Å². The molecule has 1 aromatic carbocycles. The Morgan fingerprint density at radius 2 is 0.960 bits per heavy atom. The Labute approximate surface area is 133 Å². The van der Waals surface area contributed by atoms with Crippen LogP contribution in [-0.4, -0.2) is 4.98 Å². The van der Waals surface area contributed by atoms with E-state index in [9.17, 15) is 39.5 Å². The van der Waals surface area contributed by atoms with Crippen molar-refractivity contribution >= 4 is 0 Å². The van der Waals surface area contributed by atoms with Crippen molar-refractivity contribution in [2.75, 3.05) is 0 Å². The Morgan fingerprint density at radius 3 is 1.32 bits per heavy atom. The summed E-state index contributed by atoms with van der Waals surface area (Å²) in [7, 11) is 0. The van der Waals surface area contributed by atoms with Gasteiger partial charge in [0, 0.05) is 0 Å². The molecule has 132 valence electrons. The Balaban J connectivity index is 3.03. The molecule has 1 unspecified atom stereocenters. The molecular weight excluding hydrogens is 367 g/mol. The first kappa shape index (κ1) is 18.6. The minimum Gasteiger partial charge on any atom is -0.203 e. The van der Waals surface area contributed by atoms with Gasteiger partial charge >= 0.3 is 0 Å². The van der Waals surface area contributed by atoms with Crippen LogP contribution in [-0.2, 0) is 5.41 Å². The lowest BCUT2D eigenvalue weighted by Crippen LogP contribution is -2.30. The van der Waals surface area contributed by atoms with Crippen LogP contribution in [0.2, 0.25) is 0 Å². The minimum atomic E-state index is -3.32. The van der Waals surface area contributed by atoms with E-state index >= 15 is 0 Å². The van der Waals surface area contributed by atoms with Crippen LogP contribution in [0.5, 0.6) is 0 Å². The number of rotatable bonds is 2. The maximum Gasteiger partial charge on any atom is 0.252 e. The molecule has 1 aromatic heterocycles. The number of nitrogens with zero attached hydrogens (tertiary/aromatic N) is 2. The molecule has 0 radical (unpaired) electrons. The van der Waals surface area contributed by atoms with Crippen molar-refractivity contribution in [1.82, 2.24) is 4.98 Å². The van der Waals surface area contributed by atoms with E-state index in [0.717, 1.165) is 6.07 Å². The quantitative estimate of drug-likeness (QED) is 0.345. The predicted octanol–water partition coefficient (Wildman–Crippen LogP) is 4.16. The van der Waals surface area contributed by atoms with E-state index in [4.69, 9.17) is 5.26 Å². The van der Waals surface area contributed by atoms with Gasteiger partial charge in [0.1, 0.15) is 5.41 Å². The lowest BCUT2D eigenvalue weighted by Gasteiger charge is -2.25. The second-order valence-corrected chi connectivity index (χ2v) is 4.88. The van der Waals surface area contributed by atoms with Crippen molar-refractivity contribution < 1.29 is 39.5 Å². The Morgan fingerprint density at radius 1 is 0.640 bits per heavy atom. The molecule has 2 nitrogen and oxygen atoms in total. The first-order valence-electron chi connectivity index (χ1n) is 6.12. The van der Waals surface area contributed by atoms with Crippen molar-refractivity contribution in [3.05, 3.63) is 63.7 Å². The van der Waals surface area contributed by atoms with Crippen LogP contribution < -0.4 is 0 Å². The Bertz CT molecular complexity index is 880. The highest BCUT2D eigenvalue weighted by Gasteiger charge is 2.45. The van der Waals surface area contributed by atoms with E-state index < -0.39 is 69.2 Å². The lowest BCUT2D eigenvalue weighted by molar-refractivity contribution is 0.351. The topological polar surface area (TPSA) is 36.7 Å². The summed E-state index contributed by atoms with van der Waals surface area (Å²) in [6, 6.07) is 0.926. The largest absolute Gasteiger partial charge is 0.252 e. The van der Waals surface area contributed by atoms with Gasteiger partial charge in [0.25, 0.3) is 11.9 Å². The zero-order valence-electron chi connectivity index (χ0n) is 11.8. The fraction of sp³-hybridized carbons (Fsp3) is 0.143. The molecular formula is C14H3F9N2. The van der Waals surface area contributed by atoms with Crippen LogP contribution in [0.4, 0.5) is 39.5 Å². The smallest absolute Gasteiger partial charge is 0.203 e. The molecule has 25 heavy (non-hydrogen) atoms. The molecule has 0 saturated carbocycles. The monoisotopic (exact) mass is 370 g/mol. The maximum atomic E-state index is 13.9. The highest BCUT2D eigenvalue weighted by Crippen LogP contribution is 2.40. The SMILES string of the molecule is CC(C#N)(c1c(F)c(F)nc(F)c1F)c1c(F)c(F)c(F)c(F)c1F. The fourth-order valence-electron chi connectivity index (χ4n) is 2.21. The number of nitriles is 1. The van der Waals surface area contributed by atoms with Crippen LogP contribution in [0, 0.1) is 63.9 Å². The summed E-state index contributed by atoms with van der Waals surface area (Å²) in [5, 5.41) is 9.10. The van der Waals surface area contributed by atoms with Crippen molar-refractivity contribution in [3.63, 3.8) is 0 Å². The molecule has 1 atom stereocenters. The van der Waals surface area contributed by atoms with E-state index in [1.54, 1.807) is 0 Å². The van der Waals surface area contributed by atoms with E-state index in [1.165, 1.54) is 0 Å². The van der Waals surface area contributed by atoms with Gasteiger partial charge in [0.05, 0.1) is 17.2 Å². The molecule has 0 bridgehead atoms. The van der Waals surface area contributed by atoms with Crippen molar-refractivity contribution in [3.8, 4) is 6.07 Å². The summed E-state index contributed by atoms with van der Waals surface area (Å²) >= 11 is 0. The molecule has 11 heteroatoms. The summed E-state index contributed by atoms with van der Waals surface area (Å²) < 4.78 is 122. The van der Waals surface area contributed by atoms with Crippen molar-refractivity contribution in [2.24, 2.45) is 0 Å². The van der Waals surface area contributed by atoms with E-state index in [2.05, 4.69) is 4.98 Å². The summed E-state index contributed by atoms with van der Waals surface area (Å²) in [5.74, 6) is -22.0. The average Bonchev–Trinajstić information content (AvgIpc) is 2.56. The minimum absolute atomic E-state index is 0.325. The predicted molar refractivity (Wildman–Crippen MR) is 62.4 cm³/mol. The number of hydrogen-bond acceptors (Lipinski definition) is 2. The molecule has 2 rings (SSSR count). The first-order chi connectivity index (χ1) is 11.5. The van der Waals surface area contributed by atoms with Gasteiger partial charge in [0.2, 0.25) is 5.82 Å². The first-order valence-corrected chi connectivity index (χ1v) is 6.12. The summed E-state index contributed by atoms with van der Waals surface area (Å²) in [6.45, 7) is 0.325. The van der Waals surface area contributed by atoms with E-state index in [-0.39, 0.29) is 0 Å². The number of aromatic nitrogens is 1. The molecule has 0 amide bonds. The van der Waals surface area contributed by atoms with Crippen molar-refractivity contribution in [1.29, 1.82) is 5.26 Å². The van der Waals surface area contributed by atoms with Gasteiger partial charge in [-0.05, 0) is 6.92 Å². The van der Waals surface area contributed by atoms with Crippen LogP contribution >= 0.6 is 0 Å². The van der Waals surface area contributed by atoms with Crippen molar-refractivity contribution in [2.45, 2.75) is 12.3 Å².